The second-order valence-electron chi connectivity index (χ2n) is 5.19. The first-order valence-corrected chi connectivity index (χ1v) is 8.01. The van der Waals surface area contributed by atoms with Crippen LogP contribution in [0.3, 0.4) is 0 Å². The van der Waals surface area contributed by atoms with Crippen LogP contribution in [0.5, 0.6) is 0 Å². The highest BCUT2D eigenvalue weighted by molar-refractivity contribution is 5.88. The summed E-state index contributed by atoms with van der Waals surface area (Å²) < 4.78 is 9.78. The molecule has 2 aromatic rings. The molecule has 0 amide bonds. The average molecular weight is 327 g/mol. The van der Waals surface area contributed by atoms with Gasteiger partial charge in [-0.05, 0) is 49.6 Å². The Morgan fingerprint density at radius 2 is 1.92 bits per heavy atom. The highest BCUT2D eigenvalue weighted by atomic mass is 16.5. The van der Waals surface area contributed by atoms with Crippen LogP contribution in [0.15, 0.2) is 36.5 Å². The Balaban J connectivity index is 2.07. The molecule has 1 aromatic carbocycles. The number of carbonyl (C=O) groups excluding carboxylic acids is 2. The van der Waals surface area contributed by atoms with Crippen molar-refractivity contribution >= 4 is 28.9 Å². The van der Waals surface area contributed by atoms with E-state index in [9.17, 15) is 9.59 Å². The molecule has 0 saturated carbocycles. The van der Waals surface area contributed by atoms with Gasteiger partial charge in [0.2, 0.25) is 0 Å². The lowest BCUT2D eigenvalue weighted by molar-refractivity contribution is -0.143. The third kappa shape index (κ3) is 5.19. The number of hydrogen-bond acceptors (Lipinski definition) is 5. The predicted octanol–water partition coefficient (Wildman–Crippen LogP) is 3.31. The van der Waals surface area contributed by atoms with Gasteiger partial charge in [0, 0.05) is 24.1 Å². The minimum atomic E-state index is -0.361. The minimum absolute atomic E-state index is 0.197. The number of aromatic nitrogens is 1. The topological polar surface area (TPSA) is 65.5 Å². The number of pyridine rings is 1. The summed E-state index contributed by atoms with van der Waals surface area (Å²) in [6.45, 7) is 4.32. The maximum absolute atomic E-state index is 11.4. The van der Waals surface area contributed by atoms with Gasteiger partial charge in [0.05, 0.1) is 18.7 Å². The van der Waals surface area contributed by atoms with Crippen LogP contribution in [0.1, 0.15) is 31.4 Å². The molecule has 1 heterocycles. The van der Waals surface area contributed by atoms with Crippen molar-refractivity contribution in [2.24, 2.45) is 0 Å². The van der Waals surface area contributed by atoms with Gasteiger partial charge in [-0.15, -0.1) is 0 Å². The van der Waals surface area contributed by atoms with Gasteiger partial charge in [-0.3, -0.25) is 9.78 Å². The van der Waals surface area contributed by atoms with Crippen molar-refractivity contribution in [1.82, 2.24) is 4.98 Å². The lowest BCUT2D eigenvalue weighted by atomic mass is 10.1. The van der Waals surface area contributed by atoms with Crippen molar-refractivity contribution in [2.45, 2.75) is 26.7 Å². The van der Waals surface area contributed by atoms with Crippen molar-refractivity contribution in [3.05, 3.63) is 47.7 Å². The van der Waals surface area contributed by atoms with E-state index in [4.69, 9.17) is 9.47 Å². The highest BCUT2D eigenvalue weighted by Crippen LogP contribution is 2.17. The predicted molar refractivity (Wildman–Crippen MR) is 92.4 cm³/mol. The molecule has 5 heteroatoms. The van der Waals surface area contributed by atoms with E-state index in [0.717, 1.165) is 22.0 Å². The third-order valence-electron chi connectivity index (χ3n) is 3.39. The Labute approximate surface area is 141 Å². The number of nitrogens with zero attached hydrogens (tertiary/aromatic N) is 1. The lowest BCUT2D eigenvalue weighted by Gasteiger charge is -2.04. The first-order valence-electron chi connectivity index (χ1n) is 8.01. The fourth-order valence-corrected chi connectivity index (χ4v) is 2.26. The molecule has 0 N–H and O–H groups in total. The van der Waals surface area contributed by atoms with E-state index in [2.05, 4.69) is 4.98 Å². The lowest BCUT2D eigenvalue weighted by Crippen LogP contribution is -2.05. The SMILES string of the molecule is CCOC(=O)/C=C/c1ccc2cc(CCC(=O)OCC)cnc2c1. The molecule has 2 rings (SSSR count). The zero-order chi connectivity index (χ0) is 17.4. The monoisotopic (exact) mass is 327 g/mol. The van der Waals surface area contributed by atoms with E-state index in [1.165, 1.54) is 6.08 Å². The molecule has 24 heavy (non-hydrogen) atoms. The molecule has 1 aromatic heterocycles. The summed E-state index contributed by atoms with van der Waals surface area (Å²) in [4.78, 5) is 27.2. The van der Waals surface area contributed by atoms with E-state index < -0.39 is 0 Å². The number of rotatable bonds is 7. The summed E-state index contributed by atoms with van der Waals surface area (Å²) in [5.74, 6) is -0.558. The second kappa shape index (κ2) is 8.82. The quantitative estimate of drug-likeness (QED) is 0.576. The summed E-state index contributed by atoms with van der Waals surface area (Å²) in [7, 11) is 0. The van der Waals surface area contributed by atoms with Crippen LogP contribution >= 0.6 is 0 Å². The molecule has 0 atom stereocenters. The van der Waals surface area contributed by atoms with Crippen molar-refractivity contribution in [3.63, 3.8) is 0 Å². The number of benzene rings is 1. The van der Waals surface area contributed by atoms with Gasteiger partial charge in [0.1, 0.15) is 0 Å². The Hall–Kier alpha value is -2.69. The number of aryl methyl sites for hydroxylation is 1. The third-order valence-corrected chi connectivity index (χ3v) is 3.39. The summed E-state index contributed by atoms with van der Waals surface area (Å²) in [6, 6.07) is 7.77. The van der Waals surface area contributed by atoms with Gasteiger partial charge in [-0.25, -0.2) is 4.79 Å². The van der Waals surface area contributed by atoms with Crippen LogP contribution < -0.4 is 0 Å². The molecule has 0 saturated heterocycles. The largest absolute Gasteiger partial charge is 0.466 e. The van der Waals surface area contributed by atoms with E-state index in [1.54, 1.807) is 26.1 Å². The van der Waals surface area contributed by atoms with E-state index >= 15 is 0 Å². The van der Waals surface area contributed by atoms with Crippen LogP contribution in [0, 0.1) is 0 Å². The van der Waals surface area contributed by atoms with Gasteiger partial charge in [0.15, 0.2) is 0 Å². The zero-order valence-corrected chi connectivity index (χ0v) is 14.0. The Morgan fingerprint density at radius 3 is 2.67 bits per heavy atom. The molecule has 0 radical (unpaired) electrons. The molecule has 0 aliphatic rings. The minimum Gasteiger partial charge on any atom is -0.466 e. The molecule has 0 fully saturated rings. The maximum atomic E-state index is 11.4. The molecule has 126 valence electrons. The van der Waals surface area contributed by atoms with Gasteiger partial charge < -0.3 is 9.47 Å². The van der Waals surface area contributed by atoms with Crippen molar-refractivity contribution < 1.29 is 19.1 Å². The number of ether oxygens (including phenoxy) is 2. The Bertz CT molecular complexity index is 752. The molecule has 0 aliphatic carbocycles. The number of fused-ring (bicyclic) bond motifs is 1. The number of esters is 2. The number of carbonyl (C=O) groups is 2. The number of hydrogen-bond donors (Lipinski definition) is 0. The van der Waals surface area contributed by atoms with Crippen LogP contribution in [-0.2, 0) is 25.5 Å². The summed E-state index contributed by atoms with van der Waals surface area (Å²) in [5, 5.41) is 0.990. The Morgan fingerprint density at radius 1 is 1.12 bits per heavy atom. The first-order chi connectivity index (χ1) is 11.6. The van der Waals surface area contributed by atoms with Crippen LogP contribution in [-0.4, -0.2) is 30.1 Å². The second-order valence-corrected chi connectivity index (χ2v) is 5.19. The average Bonchev–Trinajstić information content (AvgIpc) is 2.58. The molecular formula is C19H21NO4. The summed E-state index contributed by atoms with van der Waals surface area (Å²) in [6.07, 6.45) is 5.82. The van der Waals surface area contributed by atoms with Crippen molar-refractivity contribution in [2.75, 3.05) is 13.2 Å². The maximum Gasteiger partial charge on any atom is 0.330 e. The van der Waals surface area contributed by atoms with Gasteiger partial charge >= 0.3 is 11.9 Å². The first kappa shape index (κ1) is 17.7. The smallest absolute Gasteiger partial charge is 0.330 e. The van der Waals surface area contributed by atoms with Crippen LogP contribution in [0.4, 0.5) is 0 Å². The fraction of sp³-hybridized carbons (Fsp3) is 0.316. The molecule has 0 bridgehead atoms. The molecule has 0 unspecified atom stereocenters. The normalized spacial score (nSPS) is 10.9. The molecular weight excluding hydrogens is 306 g/mol. The Kier molecular flexibility index (Phi) is 6.49. The van der Waals surface area contributed by atoms with Crippen molar-refractivity contribution in [1.29, 1.82) is 0 Å². The van der Waals surface area contributed by atoms with E-state index in [0.29, 0.717) is 26.1 Å². The van der Waals surface area contributed by atoms with Gasteiger partial charge in [-0.2, -0.15) is 0 Å². The fourth-order valence-electron chi connectivity index (χ4n) is 2.26. The molecule has 0 spiro atoms. The standard InChI is InChI=1S/C19H21NO4/c1-3-23-18(21)9-6-14-5-8-16-11-15(13-20-17(16)12-14)7-10-19(22)24-4-2/h5-6,8-9,11-13H,3-4,7,10H2,1-2H3/b9-6+. The van der Waals surface area contributed by atoms with E-state index in [-0.39, 0.29) is 11.9 Å². The van der Waals surface area contributed by atoms with Gasteiger partial charge in [0.25, 0.3) is 0 Å². The summed E-state index contributed by atoms with van der Waals surface area (Å²) in [5.41, 5.74) is 2.70. The van der Waals surface area contributed by atoms with Gasteiger partial charge in [-0.1, -0.05) is 12.1 Å². The molecule has 0 aliphatic heterocycles. The highest BCUT2D eigenvalue weighted by Gasteiger charge is 2.04. The van der Waals surface area contributed by atoms with Crippen molar-refractivity contribution in [3.8, 4) is 0 Å². The van der Waals surface area contributed by atoms with E-state index in [1.807, 2.05) is 24.3 Å². The zero-order valence-electron chi connectivity index (χ0n) is 14.0. The van der Waals surface area contributed by atoms with Crippen LogP contribution in [0.25, 0.3) is 17.0 Å². The van der Waals surface area contributed by atoms with Crippen LogP contribution in [0.2, 0.25) is 0 Å². The molecule has 5 nitrogen and oxygen atoms in total. The summed E-state index contributed by atoms with van der Waals surface area (Å²) >= 11 is 0.